The largest absolute Gasteiger partial charge is 0.378 e. The minimum Gasteiger partial charge on any atom is -0.378 e. The molecule has 1 aromatic carbocycles. The third-order valence-electron chi connectivity index (χ3n) is 3.07. The van der Waals surface area contributed by atoms with Gasteiger partial charge in [0.05, 0.1) is 12.5 Å². The van der Waals surface area contributed by atoms with Crippen LogP contribution in [-0.2, 0) is 16.0 Å². The first-order chi connectivity index (χ1) is 8.74. The van der Waals surface area contributed by atoms with Crippen LogP contribution in [0.15, 0.2) is 24.3 Å². The molecule has 2 rings (SSSR count). The van der Waals surface area contributed by atoms with Gasteiger partial charge in [0.25, 0.3) is 0 Å². The minimum atomic E-state index is -0.306. The van der Waals surface area contributed by atoms with Crippen LogP contribution in [0.3, 0.4) is 0 Å². The van der Waals surface area contributed by atoms with Crippen molar-refractivity contribution in [2.45, 2.75) is 31.8 Å². The van der Waals surface area contributed by atoms with Crippen LogP contribution in [0.2, 0.25) is 0 Å². The standard InChI is InChI=1S/C14H18FNO2/c15-12-4-1-3-11(9-12)10-14(17)16-7-6-13-5-2-8-18-13/h1,3-4,9,13H,2,5-8,10H2,(H,16,17). The molecule has 1 saturated heterocycles. The zero-order valence-electron chi connectivity index (χ0n) is 10.3. The summed E-state index contributed by atoms with van der Waals surface area (Å²) in [5.41, 5.74) is 0.699. The highest BCUT2D eigenvalue weighted by Gasteiger charge is 2.15. The second-order valence-electron chi connectivity index (χ2n) is 4.58. The van der Waals surface area contributed by atoms with Gasteiger partial charge in [0.1, 0.15) is 5.82 Å². The van der Waals surface area contributed by atoms with Crippen molar-refractivity contribution in [1.82, 2.24) is 5.32 Å². The van der Waals surface area contributed by atoms with Crippen molar-refractivity contribution >= 4 is 5.91 Å². The number of hydrogen-bond acceptors (Lipinski definition) is 2. The first-order valence-corrected chi connectivity index (χ1v) is 6.37. The van der Waals surface area contributed by atoms with Gasteiger partial charge in [0, 0.05) is 13.2 Å². The highest BCUT2D eigenvalue weighted by molar-refractivity contribution is 5.78. The smallest absolute Gasteiger partial charge is 0.224 e. The fourth-order valence-corrected chi connectivity index (χ4v) is 2.14. The van der Waals surface area contributed by atoms with Gasteiger partial charge in [0.2, 0.25) is 5.91 Å². The predicted molar refractivity (Wildman–Crippen MR) is 66.7 cm³/mol. The van der Waals surface area contributed by atoms with Crippen LogP contribution in [0, 0.1) is 5.82 Å². The van der Waals surface area contributed by atoms with Crippen LogP contribution in [0.25, 0.3) is 0 Å². The zero-order valence-corrected chi connectivity index (χ0v) is 10.3. The third kappa shape index (κ3) is 4.11. The van der Waals surface area contributed by atoms with Crippen molar-refractivity contribution in [3.8, 4) is 0 Å². The van der Waals surface area contributed by atoms with E-state index in [1.54, 1.807) is 12.1 Å². The third-order valence-corrected chi connectivity index (χ3v) is 3.07. The van der Waals surface area contributed by atoms with Gasteiger partial charge >= 0.3 is 0 Å². The maximum atomic E-state index is 12.9. The van der Waals surface area contributed by atoms with Crippen LogP contribution in [0.1, 0.15) is 24.8 Å². The number of carbonyl (C=O) groups is 1. The van der Waals surface area contributed by atoms with Crippen molar-refractivity contribution in [2.75, 3.05) is 13.2 Å². The summed E-state index contributed by atoms with van der Waals surface area (Å²) in [6, 6.07) is 6.13. The number of benzene rings is 1. The van der Waals surface area contributed by atoms with Gasteiger partial charge in [-0.25, -0.2) is 4.39 Å². The van der Waals surface area contributed by atoms with E-state index in [0.717, 1.165) is 25.9 Å². The number of halogens is 1. The Morgan fingerprint density at radius 2 is 2.39 bits per heavy atom. The molecule has 0 aromatic heterocycles. The number of rotatable bonds is 5. The molecule has 1 heterocycles. The van der Waals surface area contributed by atoms with E-state index in [9.17, 15) is 9.18 Å². The molecule has 0 radical (unpaired) electrons. The molecule has 4 heteroatoms. The topological polar surface area (TPSA) is 38.3 Å². The molecular formula is C14H18FNO2. The summed E-state index contributed by atoms with van der Waals surface area (Å²) in [5.74, 6) is -0.377. The van der Waals surface area contributed by atoms with E-state index >= 15 is 0 Å². The summed E-state index contributed by atoms with van der Waals surface area (Å²) in [6.45, 7) is 1.46. The monoisotopic (exact) mass is 251 g/mol. The van der Waals surface area contributed by atoms with E-state index in [-0.39, 0.29) is 18.1 Å². The molecule has 1 aliphatic heterocycles. The Hall–Kier alpha value is -1.42. The molecule has 0 aliphatic carbocycles. The molecule has 1 atom stereocenters. The molecule has 1 amide bonds. The highest BCUT2D eigenvalue weighted by atomic mass is 19.1. The van der Waals surface area contributed by atoms with Gasteiger partial charge in [-0.3, -0.25) is 4.79 Å². The van der Waals surface area contributed by atoms with E-state index in [4.69, 9.17) is 4.74 Å². The number of nitrogens with one attached hydrogen (secondary N) is 1. The molecule has 98 valence electrons. The molecule has 18 heavy (non-hydrogen) atoms. The molecule has 1 unspecified atom stereocenters. The van der Waals surface area contributed by atoms with Crippen molar-refractivity contribution in [2.24, 2.45) is 0 Å². The van der Waals surface area contributed by atoms with Crippen molar-refractivity contribution in [3.63, 3.8) is 0 Å². The Balaban J connectivity index is 1.68. The van der Waals surface area contributed by atoms with Gasteiger partial charge in [-0.05, 0) is 37.0 Å². The quantitative estimate of drug-likeness (QED) is 0.869. The molecule has 1 fully saturated rings. The Labute approximate surface area is 106 Å². The SMILES string of the molecule is O=C(Cc1cccc(F)c1)NCCC1CCCO1. The van der Waals surface area contributed by atoms with Crippen molar-refractivity contribution in [3.05, 3.63) is 35.6 Å². The molecule has 1 N–H and O–H groups in total. The summed E-state index contributed by atoms with van der Waals surface area (Å²) in [6.07, 6.45) is 3.57. The first-order valence-electron chi connectivity index (χ1n) is 6.37. The van der Waals surface area contributed by atoms with Crippen LogP contribution in [0.5, 0.6) is 0 Å². The van der Waals surface area contributed by atoms with E-state index in [1.807, 2.05) is 0 Å². The minimum absolute atomic E-state index is 0.0707. The number of hydrogen-bond donors (Lipinski definition) is 1. The molecule has 0 bridgehead atoms. The fraction of sp³-hybridized carbons (Fsp3) is 0.500. The normalized spacial score (nSPS) is 18.8. The Morgan fingerprint density at radius 3 is 3.11 bits per heavy atom. The fourth-order valence-electron chi connectivity index (χ4n) is 2.14. The maximum absolute atomic E-state index is 12.9. The van der Waals surface area contributed by atoms with Gasteiger partial charge in [-0.15, -0.1) is 0 Å². The number of amides is 1. The van der Waals surface area contributed by atoms with Crippen LogP contribution < -0.4 is 5.32 Å². The maximum Gasteiger partial charge on any atom is 0.224 e. The number of carbonyl (C=O) groups excluding carboxylic acids is 1. The molecular weight excluding hydrogens is 233 g/mol. The summed E-state index contributed by atoms with van der Waals surface area (Å²) in [5, 5.41) is 2.84. The van der Waals surface area contributed by atoms with Crippen molar-refractivity contribution < 1.29 is 13.9 Å². The van der Waals surface area contributed by atoms with E-state index < -0.39 is 0 Å². The zero-order chi connectivity index (χ0) is 12.8. The van der Waals surface area contributed by atoms with E-state index in [1.165, 1.54) is 12.1 Å². The Kier molecular flexibility index (Phi) is 4.70. The average Bonchev–Trinajstić information content (AvgIpc) is 2.82. The first kappa shape index (κ1) is 13.0. The van der Waals surface area contributed by atoms with Crippen LogP contribution in [0.4, 0.5) is 4.39 Å². The van der Waals surface area contributed by atoms with Gasteiger partial charge in [0.15, 0.2) is 0 Å². The second kappa shape index (κ2) is 6.50. The molecule has 0 saturated carbocycles. The molecule has 3 nitrogen and oxygen atoms in total. The summed E-state index contributed by atoms with van der Waals surface area (Å²) in [4.78, 5) is 11.6. The predicted octanol–water partition coefficient (Wildman–Crippen LogP) is 2.05. The van der Waals surface area contributed by atoms with Crippen molar-refractivity contribution in [1.29, 1.82) is 0 Å². The van der Waals surface area contributed by atoms with Crippen LogP contribution in [-0.4, -0.2) is 25.2 Å². The summed E-state index contributed by atoms with van der Waals surface area (Å²) >= 11 is 0. The summed E-state index contributed by atoms with van der Waals surface area (Å²) in [7, 11) is 0. The summed E-state index contributed by atoms with van der Waals surface area (Å²) < 4.78 is 18.4. The van der Waals surface area contributed by atoms with Gasteiger partial charge < -0.3 is 10.1 Å². The Bertz CT molecular complexity index is 403. The lowest BCUT2D eigenvalue weighted by Crippen LogP contribution is -2.28. The van der Waals surface area contributed by atoms with E-state index in [0.29, 0.717) is 18.2 Å². The molecule has 1 aliphatic rings. The van der Waals surface area contributed by atoms with Crippen LogP contribution >= 0.6 is 0 Å². The highest BCUT2D eigenvalue weighted by Crippen LogP contribution is 2.14. The Morgan fingerprint density at radius 1 is 1.50 bits per heavy atom. The molecule has 1 aromatic rings. The van der Waals surface area contributed by atoms with Gasteiger partial charge in [-0.2, -0.15) is 0 Å². The lowest BCUT2D eigenvalue weighted by atomic mass is 10.1. The van der Waals surface area contributed by atoms with E-state index in [2.05, 4.69) is 5.32 Å². The lowest BCUT2D eigenvalue weighted by Gasteiger charge is -2.10. The average molecular weight is 251 g/mol. The second-order valence-corrected chi connectivity index (χ2v) is 4.58. The lowest BCUT2D eigenvalue weighted by molar-refractivity contribution is -0.120. The molecule has 0 spiro atoms. The number of ether oxygens (including phenoxy) is 1. The van der Waals surface area contributed by atoms with Gasteiger partial charge in [-0.1, -0.05) is 12.1 Å².